The van der Waals surface area contributed by atoms with Gasteiger partial charge in [0.05, 0.1) is 36.2 Å². The number of ether oxygens (including phenoxy) is 1. The van der Waals surface area contributed by atoms with Gasteiger partial charge in [0.15, 0.2) is 0 Å². The first-order valence-corrected chi connectivity index (χ1v) is 11.1. The van der Waals surface area contributed by atoms with Crippen LogP contribution < -0.4 is 16.2 Å². The predicted molar refractivity (Wildman–Crippen MR) is 120 cm³/mol. The number of aliphatic imine (C=N–C) groups is 1. The van der Waals surface area contributed by atoms with Gasteiger partial charge in [0.25, 0.3) is 5.56 Å². The number of nitrogens with two attached hydrogens (primary N) is 1. The maximum Gasteiger partial charge on any atom is 0.264 e. The molecule has 9 heteroatoms. The third kappa shape index (κ3) is 3.11. The lowest BCUT2D eigenvalue weighted by molar-refractivity contribution is 0.0973. The zero-order chi connectivity index (χ0) is 21.9. The Bertz CT molecular complexity index is 1140. The minimum atomic E-state index is -0.0848. The van der Waals surface area contributed by atoms with E-state index in [1.807, 2.05) is 19.9 Å². The Labute approximate surface area is 186 Å². The topological polar surface area (TPSA) is 98.6 Å². The standard InChI is InChI=1S/C22H27ClN6O2/c1-12-14(4-7-25-19(12)23)17-16-15(10-26-17)27-21(28(3)20(16)30)29-8-5-22(6-9-29)11-31-13(2)18(22)24/h4,7,13,18H,5-6,8-11,24H2,1-3H3/t13-,18+/m0/s1. The SMILES string of the molecule is Cc1c(C2=NCc3nc(N4CCC5(CC4)CO[C@@H](C)[C@H]5N)n(C)c(=O)c32)ccnc1Cl. The molecule has 0 radical (unpaired) electrons. The zero-order valence-corrected chi connectivity index (χ0v) is 18.8. The Balaban J connectivity index is 1.45. The summed E-state index contributed by atoms with van der Waals surface area (Å²) in [7, 11) is 1.78. The van der Waals surface area contributed by atoms with Gasteiger partial charge in [-0.1, -0.05) is 11.6 Å². The van der Waals surface area contributed by atoms with Gasteiger partial charge in [-0.05, 0) is 38.3 Å². The predicted octanol–water partition coefficient (Wildman–Crippen LogP) is 1.82. The van der Waals surface area contributed by atoms with Crippen LogP contribution in [-0.4, -0.2) is 52.1 Å². The Kier molecular flexibility index (Phi) is 4.91. The molecular formula is C22H27ClN6O2. The molecule has 164 valence electrons. The van der Waals surface area contributed by atoms with Crippen LogP contribution in [0.1, 0.15) is 42.1 Å². The maximum atomic E-state index is 13.4. The minimum absolute atomic E-state index is 0.0277. The molecule has 0 aliphatic carbocycles. The van der Waals surface area contributed by atoms with E-state index in [0.717, 1.165) is 42.8 Å². The fraction of sp³-hybridized carbons (Fsp3) is 0.545. The van der Waals surface area contributed by atoms with Crippen molar-refractivity contribution < 1.29 is 4.74 Å². The van der Waals surface area contributed by atoms with Crippen molar-refractivity contribution in [3.05, 3.63) is 50.2 Å². The van der Waals surface area contributed by atoms with Crippen molar-refractivity contribution in [3.8, 4) is 0 Å². The van der Waals surface area contributed by atoms with Crippen LogP contribution in [0.5, 0.6) is 0 Å². The Hall–Kier alpha value is -2.29. The summed E-state index contributed by atoms with van der Waals surface area (Å²) in [5.74, 6) is 0.695. The number of anilines is 1. The monoisotopic (exact) mass is 442 g/mol. The number of hydrogen-bond acceptors (Lipinski definition) is 7. The second-order valence-corrected chi connectivity index (χ2v) is 9.29. The third-order valence-electron chi connectivity index (χ3n) is 7.25. The van der Waals surface area contributed by atoms with Gasteiger partial charge in [-0.2, -0.15) is 0 Å². The summed E-state index contributed by atoms with van der Waals surface area (Å²) < 4.78 is 7.47. The molecule has 2 aromatic rings. The number of hydrogen-bond donors (Lipinski definition) is 1. The highest BCUT2D eigenvalue weighted by molar-refractivity contribution is 6.31. The smallest absolute Gasteiger partial charge is 0.264 e. The maximum absolute atomic E-state index is 13.4. The van der Waals surface area contributed by atoms with Gasteiger partial charge < -0.3 is 15.4 Å². The zero-order valence-electron chi connectivity index (χ0n) is 18.1. The van der Waals surface area contributed by atoms with Crippen LogP contribution in [0.15, 0.2) is 22.1 Å². The molecule has 0 aromatic carbocycles. The van der Waals surface area contributed by atoms with Crippen molar-refractivity contribution in [2.24, 2.45) is 23.2 Å². The summed E-state index contributed by atoms with van der Waals surface area (Å²) in [5, 5.41) is 0.417. The molecule has 3 aliphatic rings. The fourth-order valence-corrected chi connectivity index (χ4v) is 5.27. The number of aromatic nitrogens is 3. The van der Waals surface area contributed by atoms with Crippen molar-refractivity contribution in [1.82, 2.24) is 14.5 Å². The summed E-state index contributed by atoms with van der Waals surface area (Å²) in [5.41, 5.74) is 9.96. The fourth-order valence-electron chi connectivity index (χ4n) is 5.11. The average Bonchev–Trinajstić information content (AvgIpc) is 3.31. The van der Waals surface area contributed by atoms with Crippen LogP contribution in [0.2, 0.25) is 5.15 Å². The first-order chi connectivity index (χ1) is 14.8. The summed E-state index contributed by atoms with van der Waals surface area (Å²) in [6, 6.07) is 1.90. The number of fused-ring (bicyclic) bond motifs is 1. The van der Waals surface area contributed by atoms with E-state index in [1.165, 1.54) is 0 Å². The van der Waals surface area contributed by atoms with Crippen molar-refractivity contribution >= 4 is 23.3 Å². The van der Waals surface area contributed by atoms with Gasteiger partial charge >= 0.3 is 0 Å². The van der Waals surface area contributed by atoms with Gasteiger partial charge in [0.1, 0.15) is 5.15 Å². The number of piperidine rings is 1. The Morgan fingerprint density at radius 2 is 2.06 bits per heavy atom. The molecule has 3 aliphatic heterocycles. The molecule has 0 bridgehead atoms. The molecule has 0 unspecified atom stereocenters. The van der Waals surface area contributed by atoms with E-state index in [4.69, 9.17) is 27.1 Å². The summed E-state index contributed by atoms with van der Waals surface area (Å²) in [6.45, 7) is 6.64. The molecule has 2 fully saturated rings. The lowest BCUT2D eigenvalue weighted by Gasteiger charge is -2.41. The van der Waals surface area contributed by atoms with E-state index in [9.17, 15) is 4.79 Å². The molecule has 2 aromatic heterocycles. The lowest BCUT2D eigenvalue weighted by Crippen LogP contribution is -2.51. The van der Waals surface area contributed by atoms with E-state index in [2.05, 4.69) is 14.9 Å². The number of pyridine rings is 1. The molecule has 0 amide bonds. The largest absolute Gasteiger partial charge is 0.376 e. The number of rotatable bonds is 2. The molecule has 5 heterocycles. The highest BCUT2D eigenvalue weighted by Gasteiger charge is 2.48. The number of nitrogens with zero attached hydrogens (tertiary/aromatic N) is 5. The van der Waals surface area contributed by atoms with Crippen LogP contribution in [0.4, 0.5) is 5.95 Å². The highest BCUT2D eigenvalue weighted by Crippen LogP contribution is 2.41. The van der Waals surface area contributed by atoms with Crippen LogP contribution in [0, 0.1) is 12.3 Å². The van der Waals surface area contributed by atoms with Gasteiger partial charge in [0.2, 0.25) is 5.95 Å². The van der Waals surface area contributed by atoms with Crippen molar-refractivity contribution in [2.45, 2.75) is 45.4 Å². The van der Waals surface area contributed by atoms with E-state index in [0.29, 0.717) is 35.5 Å². The molecular weight excluding hydrogens is 416 g/mol. The number of halogens is 1. The summed E-state index contributed by atoms with van der Waals surface area (Å²) in [4.78, 5) is 29.2. The summed E-state index contributed by atoms with van der Waals surface area (Å²) in [6.07, 6.45) is 3.60. The van der Waals surface area contributed by atoms with E-state index in [1.54, 1.807) is 17.8 Å². The Morgan fingerprint density at radius 3 is 2.74 bits per heavy atom. The first kappa shape index (κ1) is 20.6. The van der Waals surface area contributed by atoms with Gasteiger partial charge in [0, 0.05) is 43.4 Å². The summed E-state index contributed by atoms with van der Waals surface area (Å²) >= 11 is 6.20. The average molecular weight is 443 g/mol. The van der Waals surface area contributed by atoms with Crippen molar-refractivity contribution in [2.75, 3.05) is 24.6 Å². The molecule has 2 atom stereocenters. The Morgan fingerprint density at radius 1 is 1.32 bits per heavy atom. The van der Waals surface area contributed by atoms with Gasteiger partial charge in [-0.3, -0.25) is 14.4 Å². The molecule has 31 heavy (non-hydrogen) atoms. The second kappa shape index (κ2) is 7.39. The van der Waals surface area contributed by atoms with E-state index in [-0.39, 0.29) is 23.1 Å². The molecule has 2 N–H and O–H groups in total. The van der Waals surface area contributed by atoms with E-state index < -0.39 is 0 Å². The third-order valence-corrected chi connectivity index (χ3v) is 7.63. The second-order valence-electron chi connectivity index (χ2n) is 8.93. The first-order valence-electron chi connectivity index (χ1n) is 10.7. The molecule has 0 saturated carbocycles. The van der Waals surface area contributed by atoms with Crippen LogP contribution in [0.3, 0.4) is 0 Å². The molecule has 8 nitrogen and oxygen atoms in total. The van der Waals surface area contributed by atoms with Crippen molar-refractivity contribution in [1.29, 1.82) is 0 Å². The van der Waals surface area contributed by atoms with Crippen LogP contribution >= 0.6 is 11.6 Å². The van der Waals surface area contributed by atoms with E-state index >= 15 is 0 Å². The van der Waals surface area contributed by atoms with Gasteiger partial charge in [-0.15, -0.1) is 0 Å². The van der Waals surface area contributed by atoms with Crippen molar-refractivity contribution in [3.63, 3.8) is 0 Å². The molecule has 1 spiro atoms. The lowest BCUT2D eigenvalue weighted by atomic mass is 9.73. The van der Waals surface area contributed by atoms with Gasteiger partial charge in [-0.25, -0.2) is 9.97 Å². The molecule has 5 rings (SSSR count). The van der Waals surface area contributed by atoms with Crippen LogP contribution in [0.25, 0.3) is 0 Å². The molecule has 2 saturated heterocycles. The normalized spacial score (nSPS) is 24.5. The minimum Gasteiger partial charge on any atom is -0.376 e. The highest BCUT2D eigenvalue weighted by atomic mass is 35.5. The quantitative estimate of drug-likeness (QED) is 0.712. The van der Waals surface area contributed by atoms with Crippen LogP contribution in [-0.2, 0) is 18.3 Å².